The minimum absolute atomic E-state index is 0.251. The second kappa shape index (κ2) is 5.12. The fourth-order valence-electron chi connectivity index (χ4n) is 4.02. The van der Waals surface area contributed by atoms with Crippen molar-refractivity contribution < 1.29 is 5.11 Å². The molecule has 1 aromatic rings. The third-order valence-electron chi connectivity index (χ3n) is 4.87. The lowest BCUT2D eigenvalue weighted by atomic mass is 10.0. The van der Waals surface area contributed by atoms with Gasteiger partial charge in [-0.2, -0.15) is 0 Å². The predicted octanol–water partition coefficient (Wildman–Crippen LogP) is 2.87. The summed E-state index contributed by atoms with van der Waals surface area (Å²) in [6.07, 6.45) is 4.40. The van der Waals surface area contributed by atoms with Gasteiger partial charge in [0, 0.05) is 31.2 Å². The van der Waals surface area contributed by atoms with Crippen LogP contribution in [0.3, 0.4) is 0 Å². The van der Waals surface area contributed by atoms with E-state index in [0.717, 1.165) is 30.0 Å². The van der Waals surface area contributed by atoms with Gasteiger partial charge in [-0.1, -0.05) is 13.8 Å². The van der Waals surface area contributed by atoms with Gasteiger partial charge < -0.3 is 10.0 Å². The van der Waals surface area contributed by atoms with E-state index in [1.165, 1.54) is 25.9 Å². The summed E-state index contributed by atoms with van der Waals surface area (Å²) in [6.45, 7) is 8.27. The SMILES string of the molecule is CC1C[C@@H]2CN(CC(C)c3ccc(O)cn3)C[C@@H]2C1. The zero-order chi connectivity index (χ0) is 13.4. The molecule has 4 atom stereocenters. The number of fused-ring (bicyclic) bond motifs is 1. The smallest absolute Gasteiger partial charge is 0.133 e. The molecule has 0 amide bonds. The lowest BCUT2D eigenvalue weighted by Crippen LogP contribution is -2.27. The molecule has 19 heavy (non-hydrogen) atoms. The van der Waals surface area contributed by atoms with Crippen molar-refractivity contribution >= 4 is 0 Å². The summed E-state index contributed by atoms with van der Waals surface area (Å²) in [6, 6.07) is 3.68. The fraction of sp³-hybridized carbons (Fsp3) is 0.688. The number of aromatic nitrogens is 1. The highest BCUT2D eigenvalue weighted by atomic mass is 16.3. The molecule has 3 heteroatoms. The van der Waals surface area contributed by atoms with Crippen LogP contribution in [0.25, 0.3) is 0 Å². The summed E-state index contributed by atoms with van der Waals surface area (Å²) in [5.74, 6) is 3.51. The van der Waals surface area contributed by atoms with E-state index in [-0.39, 0.29) is 5.75 Å². The highest BCUT2D eigenvalue weighted by Gasteiger charge is 2.39. The predicted molar refractivity (Wildman–Crippen MR) is 76.1 cm³/mol. The van der Waals surface area contributed by atoms with E-state index in [1.807, 2.05) is 6.07 Å². The van der Waals surface area contributed by atoms with Gasteiger partial charge in [-0.15, -0.1) is 0 Å². The monoisotopic (exact) mass is 260 g/mol. The lowest BCUT2D eigenvalue weighted by molar-refractivity contribution is 0.285. The Balaban J connectivity index is 1.56. The number of likely N-dealkylation sites (tertiary alicyclic amines) is 1. The topological polar surface area (TPSA) is 36.4 Å². The molecule has 1 aliphatic carbocycles. The summed E-state index contributed by atoms with van der Waals surface area (Å²) in [5.41, 5.74) is 1.09. The molecule has 1 N–H and O–H groups in total. The maximum Gasteiger partial charge on any atom is 0.133 e. The first kappa shape index (κ1) is 12.9. The van der Waals surface area contributed by atoms with Gasteiger partial charge in [-0.05, 0) is 42.7 Å². The summed E-state index contributed by atoms with van der Waals surface area (Å²) in [5, 5.41) is 9.28. The number of pyridine rings is 1. The molecule has 1 aromatic heterocycles. The summed E-state index contributed by atoms with van der Waals surface area (Å²) >= 11 is 0. The molecular weight excluding hydrogens is 236 g/mol. The molecule has 2 unspecified atom stereocenters. The van der Waals surface area contributed by atoms with Crippen molar-refractivity contribution in [2.24, 2.45) is 17.8 Å². The van der Waals surface area contributed by atoms with Crippen LogP contribution in [0.1, 0.15) is 38.3 Å². The van der Waals surface area contributed by atoms with Gasteiger partial charge in [-0.25, -0.2) is 0 Å². The van der Waals surface area contributed by atoms with Crippen molar-refractivity contribution in [3.05, 3.63) is 24.0 Å². The van der Waals surface area contributed by atoms with E-state index in [1.54, 1.807) is 12.3 Å². The second-order valence-electron chi connectivity index (χ2n) is 6.66. The molecule has 2 heterocycles. The Bertz CT molecular complexity index is 417. The molecule has 2 aliphatic rings. The molecule has 0 radical (unpaired) electrons. The van der Waals surface area contributed by atoms with Crippen LogP contribution in [-0.4, -0.2) is 34.6 Å². The number of rotatable bonds is 3. The standard InChI is InChI=1S/C16H24N2O/c1-11-5-13-9-18(10-14(13)6-11)8-12(2)16-4-3-15(19)7-17-16/h3-4,7,11-14,19H,5-6,8-10H2,1-2H3/t11?,12?,13-,14+. The van der Waals surface area contributed by atoms with Crippen LogP contribution in [-0.2, 0) is 0 Å². The van der Waals surface area contributed by atoms with E-state index in [9.17, 15) is 5.11 Å². The van der Waals surface area contributed by atoms with Crippen molar-refractivity contribution in [2.45, 2.75) is 32.6 Å². The van der Waals surface area contributed by atoms with Crippen molar-refractivity contribution in [1.82, 2.24) is 9.88 Å². The zero-order valence-corrected chi connectivity index (χ0v) is 11.9. The quantitative estimate of drug-likeness (QED) is 0.908. The zero-order valence-electron chi connectivity index (χ0n) is 11.9. The average Bonchev–Trinajstić information content (AvgIpc) is 2.86. The van der Waals surface area contributed by atoms with Crippen molar-refractivity contribution in [1.29, 1.82) is 0 Å². The van der Waals surface area contributed by atoms with E-state index in [2.05, 4.69) is 23.7 Å². The van der Waals surface area contributed by atoms with Crippen LogP contribution in [0.15, 0.2) is 18.3 Å². The van der Waals surface area contributed by atoms with Gasteiger partial charge in [0.15, 0.2) is 0 Å². The average molecular weight is 260 g/mol. The normalized spacial score (nSPS) is 32.4. The minimum Gasteiger partial charge on any atom is -0.506 e. The third-order valence-corrected chi connectivity index (χ3v) is 4.87. The van der Waals surface area contributed by atoms with Gasteiger partial charge in [0.25, 0.3) is 0 Å². The van der Waals surface area contributed by atoms with E-state index in [4.69, 9.17) is 0 Å². The molecule has 1 saturated heterocycles. The van der Waals surface area contributed by atoms with Crippen LogP contribution in [0.2, 0.25) is 0 Å². The number of aromatic hydroxyl groups is 1. The van der Waals surface area contributed by atoms with Crippen LogP contribution >= 0.6 is 0 Å². The highest BCUT2D eigenvalue weighted by molar-refractivity contribution is 5.20. The van der Waals surface area contributed by atoms with Gasteiger partial charge in [0.1, 0.15) is 5.75 Å². The Labute approximate surface area is 115 Å². The summed E-state index contributed by atoms with van der Waals surface area (Å²) < 4.78 is 0. The number of hydrogen-bond donors (Lipinski definition) is 1. The van der Waals surface area contributed by atoms with Crippen LogP contribution in [0.4, 0.5) is 0 Å². The molecule has 1 saturated carbocycles. The molecule has 3 nitrogen and oxygen atoms in total. The van der Waals surface area contributed by atoms with Crippen LogP contribution in [0, 0.1) is 17.8 Å². The third kappa shape index (κ3) is 2.76. The first-order chi connectivity index (χ1) is 9.11. The van der Waals surface area contributed by atoms with Crippen molar-refractivity contribution in [3.63, 3.8) is 0 Å². The molecular formula is C16H24N2O. The Kier molecular flexibility index (Phi) is 3.48. The van der Waals surface area contributed by atoms with Crippen molar-refractivity contribution in [3.8, 4) is 5.75 Å². The second-order valence-corrected chi connectivity index (χ2v) is 6.66. The van der Waals surface area contributed by atoms with E-state index in [0.29, 0.717) is 5.92 Å². The van der Waals surface area contributed by atoms with Crippen LogP contribution in [0.5, 0.6) is 5.75 Å². The van der Waals surface area contributed by atoms with Gasteiger partial charge in [0.2, 0.25) is 0 Å². The Morgan fingerprint density at radius 3 is 2.58 bits per heavy atom. The largest absolute Gasteiger partial charge is 0.506 e. The number of nitrogens with zero attached hydrogens (tertiary/aromatic N) is 2. The summed E-state index contributed by atoms with van der Waals surface area (Å²) in [4.78, 5) is 6.94. The van der Waals surface area contributed by atoms with Crippen LogP contribution < -0.4 is 0 Å². The molecule has 3 rings (SSSR count). The first-order valence-corrected chi connectivity index (χ1v) is 7.49. The molecule has 0 aromatic carbocycles. The molecule has 2 fully saturated rings. The maximum absolute atomic E-state index is 9.28. The Hall–Kier alpha value is -1.09. The Morgan fingerprint density at radius 2 is 2.00 bits per heavy atom. The van der Waals surface area contributed by atoms with E-state index >= 15 is 0 Å². The molecule has 0 bridgehead atoms. The Morgan fingerprint density at radius 1 is 1.32 bits per heavy atom. The fourth-order valence-corrected chi connectivity index (χ4v) is 4.02. The maximum atomic E-state index is 9.28. The summed E-state index contributed by atoms with van der Waals surface area (Å²) in [7, 11) is 0. The van der Waals surface area contributed by atoms with Gasteiger partial charge in [-0.3, -0.25) is 4.98 Å². The molecule has 1 aliphatic heterocycles. The first-order valence-electron chi connectivity index (χ1n) is 7.49. The molecule has 0 spiro atoms. The number of hydrogen-bond acceptors (Lipinski definition) is 3. The highest BCUT2D eigenvalue weighted by Crippen LogP contribution is 2.41. The van der Waals surface area contributed by atoms with Gasteiger partial charge >= 0.3 is 0 Å². The minimum atomic E-state index is 0.251. The van der Waals surface area contributed by atoms with E-state index < -0.39 is 0 Å². The molecule has 104 valence electrons. The lowest BCUT2D eigenvalue weighted by Gasteiger charge is -2.21. The van der Waals surface area contributed by atoms with Gasteiger partial charge in [0.05, 0.1) is 6.20 Å². The van der Waals surface area contributed by atoms with Crippen molar-refractivity contribution in [2.75, 3.05) is 19.6 Å².